The van der Waals surface area contributed by atoms with Gasteiger partial charge in [-0.15, -0.1) is 0 Å². The van der Waals surface area contributed by atoms with E-state index in [0.717, 1.165) is 24.2 Å². The van der Waals surface area contributed by atoms with Gasteiger partial charge in [0.05, 0.1) is 24.5 Å². The Morgan fingerprint density at radius 2 is 2.47 bits per heavy atom. The number of rotatable bonds is 1. The Hall–Kier alpha value is -1.29. The van der Waals surface area contributed by atoms with Crippen molar-refractivity contribution in [1.29, 1.82) is 0 Å². The highest BCUT2D eigenvalue weighted by atomic mass is 32.2. The minimum atomic E-state index is 0.106. The smallest absolute Gasteiger partial charge is 0.175 e. The molecule has 0 saturated carbocycles. The van der Waals surface area contributed by atoms with Gasteiger partial charge in [-0.05, 0) is 18.6 Å². The standard InChI is InChI=1S/C11H11NO2S/c1-2-6-13-11(3-1)12-5-4-9-8-15-14-10(9)7-12/h2,4-8,11H,1,3H2. The summed E-state index contributed by atoms with van der Waals surface area (Å²) in [4.78, 5) is 2.06. The van der Waals surface area contributed by atoms with Crippen molar-refractivity contribution in [3.05, 3.63) is 47.6 Å². The van der Waals surface area contributed by atoms with Crippen molar-refractivity contribution in [2.45, 2.75) is 19.1 Å². The van der Waals surface area contributed by atoms with Crippen molar-refractivity contribution >= 4 is 12.0 Å². The van der Waals surface area contributed by atoms with E-state index >= 15 is 0 Å². The molecule has 0 aromatic carbocycles. The molecule has 0 spiro atoms. The summed E-state index contributed by atoms with van der Waals surface area (Å²) < 4.78 is 10.9. The molecule has 0 aromatic heterocycles. The lowest BCUT2D eigenvalue weighted by atomic mass is 10.2. The van der Waals surface area contributed by atoms with Crippen LogP contribution >= 0.6 is 12.0 Å². The molecule has 0 radical (unpaired) electrons. The van der Waals surface area contributed by atoms with Crippen LogP contribution in [0.1, 0.15) is 12.8 Å². The van der Waals surface area contributed by atoms with Crippen molar-refractivity contribution in [3.8, 4) is 0 Å². The molecule has 3 nitrogen and oxygen atoms in total. The van der Waals surface area contributed by atoms with Gasteiger partial charge in [-0.25, -0.2) is 0 Å². The zero-order valence-electron chi connectivity index (χ0n) is 8.13. The molecule has 3 aliphatic rings. The van der Waals surface area contributed by atoms with E-state index in [4.69, 9.17) is 8.92 Å². The molecular formula is C11H11NO2S. The van der Waals surface area contributed by atoms with Gasteiger partial charge in [-0.3, -0.25) is 0 Å². The second-order valence-corrected chi connectivity index (χ2v) is 4.14. The van der Waals surface area contributed by atoms with E-state index in [0.29, 0.717) is 0 Å². The van der Waals surface area contributed by atoms with Gasteiger partial charge >= 0.3 is 0 Å². The van der Waals surface area contributed by atoms with Crippen LogP contribution in [0.4, 0.5) is 0 Å². The Morgan fingerprint density at radius 3 is 3.33 bits per heavy atom. The molecule has 1 unspecified atom stereocenters. The van der Waals surface area contributed by atoms with Crippen molar-refractivity contribution in [2.75, 3.05) is 0 Å². The molecule has 3 heterocycles. The Morgan fingerprint density at radius 1 is 1.47 bits per heavy atom. The zero-order chi connectivity index (χ0) is 10.1. The molecule has 0 N–H and O–H groups in total. The average molecular weight is 221 g/mol. The fourth-order valence-electron chi connectivity index (χ4n) is 1.72. The number of ether oxygens (including phenoxy) is 1. The summed E-state index contributed by atoms with van der Waals surface area (Å²) in [5.74, 6) is 0.917. The highest BCUT2D eigenvalue weighted by Crippen LogP contribution is 2.34. The second-order valence-electron chi connectivity index (χ2n) is 3.55. The average Bonchev–Trinajstić information content (AvgIpc) is 2.77. The van der Waals surface area contributed by atoms with E-state index in [9.17, 15) is 0 Å². The summed E-state index contributed by atoms with van der Waals surface area (Å²) in [5, 5.41) is 2.00. The molecule has 15 heavy (non-hydrogen) atoms. The van der Waals surface area contributed by atoms with Gasteiger partial charge in [0.2, 0.25) is 0 Å². The predicted molar refractivity (Wildman–Crippen MR) is 59.1 cm³/mol. The first-order valence-electron chi connectivity index (χ1n) is 4.95. The van der Waals surface area contributed by atoms with Gasteiger partial charge in [0.15, 0.2) is 12.0 Å². The maximum absolute atomic E-state index is 5.53. The number of allylic oxidation sites excluding steroid dienone is 2. The Bertz CT molecular complexity index is 384. The van der Waals surface area contributed by atoms with Crippen LogP contribution in [0.3, 0.4) is 0 Å². The molecular weight excluding hydrogens is 210 g/mol. The first-order valence-corrected chi connectivity index (χ1v) is 5.76. The molecule has 1 atom stereocenters. The SMILES string of the molecule is C1=COC(N2C=CC3=CSOC3=C2)CC1. The molecule has 0 saturated heterocycles. The highest BCUT2D eigenvalue weighted by Gasteiger charge is 2.22. The van der Waals surface area contributed by atoms with Gasteiger partial charge in [0.1, 0.15) is 0 Å². The van der Waals surface area contributed by atoms with Crippen LogP contribution < -0.4 is 0 Å². The van der Waals surface area contributed by atoms with Gasteiger partial charge in [0, 0.05) is 23.6 Å². The number of nitrogens with zero attached hydrogens (tertiary/aromatic N) is 1. The molecule has 0 amide bonds. The summed E-state index contributed by atoms with van der Waals surface area (Å²) in [7, 11) is 0. The minimum Gasteiger partial charge on any atom is -0.478 e. The molecule has 3 rings (SSSR count). The monoisotopic (exact) mass is 221 g/mol. The molecule has 3 aliphatic heterocycles. The molecule has 0 bridgehead atoms. The van der Waals surface area contributed by atoms with E-state index in [1.807, 2.05) is 23.9 Å². The molecule has 0 fully saturated rings. The van der Waals surface area contributed by atoms with Crippen LogP contribution in [0.25, 0.3) is 0 Å². The first kappa shape index (κ1) is 8.97. The Balaban J connectivity index is 1.78. The quantitative estimate of drug-likeness (QED) is 0.635. The molecule has 0 aromatic rings. The number of hydrogen-bond donors (Lipinski definition) is 0. The lowest BCUT2D eigenvalue weighted by Gasteiger charge is -2.30. The van der Waals surface area contributed by atoms with E-state index in [2.05, 4.69) is 11.0 Å². The summed E-state index contributed by atoms with van der Waals surface area (Å²) in [6, 6.07) is 0. The van der Waals surface area contributed by atoms with Crippen molar-refractivity contribution < 1.29 is 8.92 Å². The third-order valence-corrected chi connectivity index (χ3v) is 3.16. The van der Waals surface area contributed by atoms with Gasteiger partial charge in [0.25, 0.3) is 0 Å². The third kappa shape index (κ3) is 1.65. The minimum absolute atomic E-state index is 0.106. The van der Waals surface area contributed by atoms with Crippen LogP contribution in [0, 0.1) is 0 Å². The first-order chi connectivity index (χ1) is 7.43. The van der Waals surface area contributed by atoms with Crippen LogP contribution in [0.15, 0.2) is 47.6 Å². The van der Waals surface area contributed by atoms with Crippen LogP contribution in [0.2, 0.25) is 0 Å². The summed E-state index contributed by atoms with van der Waals surface area (Å²) in [5.41, 5.74) is 1.14. The van der Waals surface area contributed by atoms with Crippen molar-refractivity contribution in [2.24, 2.45) is 0 Å². The fraction of sp³-hybridized carbons (Fsp3) is 0.273. The molecule has 78 valence electrons. The van der Waals surface area contributed by atoms with Crippen LogP contribution in [-0.4, -0.2) is 11.1 Å². The zero-order valence-corrected chi connectivity index (χ0v) is 8.94. The van der Waals surface area contributed by atoms with E-state index < -0.39 is 0 Å². The maximum Gasteiger partial charge on any atom is 0.175 e. The maximum atomic E-state index is 5.53. The highest BCUT2D eigenvalue weighted by molar-refractivity contribution is 7.98. The summed E-state index contributed by atoms with van der Waals surface area (Å²) >= 11 is 1.37. The van der Waals surface area contributed by atoms with Crippen LogP contribution in [-0.2, 0) is 8.92 Å². The van der Waals surface area contributed by atoms with Gasteiger partial charge in [-0.2, -0.15) is 0 Å². The normalized spacial score (nSPS) is 27.7. The lowest BCUT2D eigenvalue weighted by Crippen LogP contribution is -2.30. The number of hydrogen-bond acceptors (Lipinski definition) is 4. The fourth-order valence-corrected chi connectivity index (χ4v) is 2.31. The largest absolute Gasteiger partial charge is 0.478 e. The van der Waals surface area contributed by atoms with Crippen molar-refractivity contribution in [1.82, 2.24) is 4.90 Å². The summed E-state index contributed by atoms with van der Waals surface area (Å²) in [6.45, 7) is 0. The Labute approximate surface area is 92.9 Å². The Kier molecular flexibility index (Phi) is 2.21. The summed E-state index contributed by atoms with van der Waals surface area (Å²) in [6.07, 6.45) is 12.1. The topological polar surface area (TPSA) is 21.7 Å². The lowest BCUT2D eigenvalue weighted by molar-refractivity contribution is 0.0319. The van der Waals surface area contributed by atoms with E-state index in [1.54, 1.807) is 6.26 Å². The van der Waals surface area contributed by atoms with Gasteiger partial charge in [-0.1, -0.05) is 0 Å². The van der Waals surface area contributed by atoms with Crippen molar-refractivity contribution in [3.63, 3.8) is 0 Å². The number of fused-ring (bicyclic) bond motifs is 1. The molecule has 4 heteroatoms. The second kappa shape index (κ2) is 3.70. The van der Waals surface area contributed by atoms with E-state index in [1.165, 1.54) is 12.0 Å². The van der Waals surface area contributed by atoms with Crippen LogP contribution in [0.5, 0.6) is 0 Å². The van der Waals surface area contributed by atoms with Gasteiger partial charge < -0.3 is 13.8 Å². The predicted octanol–water partition coefficient (Wildman–Crippen LogP) is 2.87. The molecule has 0 aliphatic carbocycles. The third-order valence-electron chi connectivity index (χ3n) is 2.53. The van der Waals surface area contributed by atoms with E-state index in [-0.39, 0.29) is 6.23 Å².